The molecule has 32 heavy (non-hydrogen) atoms. The van der Waals surface area contributed by atoms with Crippen LogP contribution in [0.2, 0.25) is 0 Å². The molecule has 0 radical (unpaired) electrons. The molecule has 10 nitrogen and oxygen atoms in total. The smallest absolute Gasteiger partial charge is 0.313 e. The molecule has 0 aromatic heterocycles. The van der Waals surface area contributed by atoms with Crippen LogP contribution in [0, 0.1) is 10.1 Å². The van der Waals surface area contributed by atoms with Crippen LogP contribution in [0.25, 0.3) is 0 Å². The maximum atomic E-state index is 12.0. The Morgan fingerprint density at radius 3 is 2.25 bits per heavy atom. The average Bonchev–Trinajstić information content (AvgIpc) is 2.82. The third-order valence-corrected chi connectivity index (χ3v) is 5.29. The summed E-state index contributed by atoms with van der Waals surface area (Å²) in [4.78, 5) is 38.7. The zero-order valence-electron chi connectivity index (χ0n) is 18.0. The van der Waals surface area contributed by atoms with Crippen LogP contribution in [0.4, 0.5) is 17.1 Å². The third kappa shape index (κ3) is 6.42. The van der Waals surface area contributed by atoms with Crippen LogP contribution in [0.5, 0.6) is 5.75 Å². The molecule has 0 bridgehead atoms. The van der Waals surface area contributed by atoms with Gasteiger partial charge in [0.1, 0.15) is 5.75 Å². The fourth-order valence-corrected chi connectivity index (χ4v) is 3.46. The van der Waals surface area contributed by atoms with Gasteiger partial charge in [0, 0.05) is 56.2 Å². The minimum atomic E-state index is -0.799. The van der Waals surface area contributed by atoms with Crippen LogP contribution in [-0.4, -0.2) is 68.0 Å². The normalized spacial score (nSPS) is 14.0. The fraction of sp³-hybridized carbons (Fsp3) is 0.364. The van der Waals surface area contributed by atoms with E-state index in [1.54, 1.807) is 7.11 Å². The number of ether oxygens (including phenoxy) is 1. The molecule has 1 saturated heterocycles. The van der Waals surface area contributed by atoms with Crippen molar-refractivity contribution in [3.8, 4) is 5.75 Å². The van der Waals surface area contributed by atoms with Gasteiger partial charge >= 0.3 is 11.8 Å². The van der Waals surface area contributed by atoms with Gasteiger partial charge in [0.25, 0.3) is 5.69 Å². The fourth-order valence-electron chi connectivity index (χ4n) is 3.46. The Bertz CT molecular complexity index is 925. The lowest BCUT2D eigenvalue weighted by molar-refractivity contribution is -0.384. The van der Waals surface area contributed by atoms with Crippen molar-refractivity contribution >= 4 is 28.9 Å². The molecule has 3 rings (SSSR count). The summed E-state index contributed by atoms with van der Waals surface area (Å²) < 4.78 is 5.20. The Morgan fingerprint density at radius 2 is 1.66 bits per heavy atom. The molecule has 1 aliphatic heterocycles. The van der Waals surface area contributed by atoms with Gasteiger partial charge in [0.15, 0.2) is 0 Å². The van der Waals surface area contributed by atoms with Gasteiger partial charge in [-0.1, -0.05) is 0 Å². The van der Waals surface area contributed by atoms with Gasteiger partial charge in [0.2, 0.25) is 0 Å². The van der Waals surface area contributed by atoms with E-state index in [0.717, 1.165) is 44.9 Å². The molecule has 0 atom stereocenters. The van der Waals surface area contributed by atoms with E-state index in [2.05, 4.69) is 32.6 Å². The number of anilines is 2. The van der Waals surface area contributed by atoms with Gasteiger partial charge in [-0.25, -0.2) is 0 Å². The monoisotopic (exact) mass is 441 g/mol. The Hall–Kier alpha value is -3.66. The van der Waals surface area contributed by atoms with Crippen molar-refractivity contribution in [1.82, 2.24) is 10.2 Å². The highest BCUT2D eigenvalue weighted by molar-refractivity contribution is 6.39. The van der Waals surface area contributed by atoms with Crippen molar-refractivity contribution in [3.05, 3.63) is 58.6 Å². The zero-order chi connectivity index (χ0) is 22.9. The summed E-state index contributed by atoms with van der Waals surface area (Å²) in [6.45, 7) is 4.94. The number of carbonyl (C=O) groups is 2. The number of hydrogen-bond acceptors (Lipinski definition) is 7. The number of amides is 2. The van der Waals surface area contributed by atoms with Crippen molar-refractivity contribution in [2.75, 3.05) is 56.6 Å². The molecular weight excluding hydrogens is 414 g/mol. The number of nitro groups is 1. The zero-order valence-corrected chi connectivity index (χ0v) is 18.0. The predicted molar refractivity (Wildman–Crippen MR) is 121 cm³/mol. The number of nitrogens with zero attached hydrogens (tertiary/aromatic N) is 3. The quantitative estimate of drug-likeness (QED) is 0.278. The van der Waals surface area contributed by atoms with Gasteiger partial charge < -0.3 is 20.3 Å². The molecule has 2 N–H and O–H groups in total. The second kappa shape index (κ2) is 11.1. The molecule has 0 saturated carbocycles. The van der Waals surface area contributed by atoms with Crippen LogP contribution in [-0.2, 0) is 9.59 Å². The van der Waals surface area contributed by atoms with Gasteiger partial charge in [-0.2, -0.15) is 0 Å². The first-order valence-corrected chi connectivity index (χ1v) is 10.4. The number of nitro benzene ring substituents is 1. The molecule has 2 aromatic rings. The Labute approximate surface area is 186 Å². The summed E-state index contributed by atoms with van der Waals surface area (Å²) in [6.07, 6.45) is 0.735. The lowest BCUT2D eigenvalue weighted by atomic mass is 10.2. The number of hydrogen-bond donors (Lipinski definition) is 2. The summed E-state index contributed by atoms with van der Waals surface area (Å²) in [5.41, 5.74) is 1.42. The van der Waals surface area contributed by atoms with Gasteiger partial charge in [-0.3, -0.25) is 24.6 Å². The van der Waals surface area contributed by atoms with Crippen molar-refractivity contribution in [3.63, 3.8) is 0 Å². The van der Waals surface area contributed by atoms with Crippen molar-refractivity contribution < 1.29 is 19.2 Å². The first-order valence-electron chi connectivity index (χ1n) is 10.4. The third-order valence-electron chi connectivity index (χ3n) is 5.29. The van der Waals surface area contributed by atoms with E-state index >= 15 is 0 Å². The summed E-state index contributed by atoms with van der Waals surface area (Å²) in [7, 11) is 1.65. The molecule has 1 fully saturated rings. The number of rotatable bonds is 8. The number of nitrogens with one attached hydrogen (secondary N) is 2. The second-order valence-corrected chi connectivity index (χ2v) is 7.39. The van der Waals surface area contributed by atoms with Crippen LogP contribution in [0.3, 0.4) is 0 Å². The van der Waals surface area contributed by atoms with E-state index in [4.69, 9.17) is 4.74 Å². The van der Waals surface area contributed by atoms with E-state index in [0.29, 0.717) is 12.2 Å². The topological polar surface area (TPSA) is 117 Å². The molecule has 0 spiro atoms. The van der Waals surface area contributed by atoms with Gasteiger partial charge in [0.05, 0.1) is 12.0 Å². The second-order valence-electron chi connectivity index (χ2n) is 7.39. The lowest BCUT2D eigenvalue weighted by Crippen LogP contribution is -2.47. The number of carbonyl (C=O) groups excluding carboxylic acids is 2. The summed E-state index contributed by atoms with van der Waals surface area (Å²) >= 11 is 0. The van der Waals surface area contributed by atoms with Crippen molar-refractivity contribution in [2.45, 2.75) is 6.42 Å². The van der Waals surface area contributed by atoms with Crippen LogP contribution < -0.4 is 20.3 Å². The number of non-ortho nitro benzene ring substituents is 1. The number of benzene rings is 2. The molecule has 0 unspecified atom stereocenters. The van der Waals surface area contributed by atoms with E-state index in [9.17, 15) is 19.7 Å². The Kier molecular flexibility index (Phi) is 7.98. The lowest BCUT2D eigenvalue weighted by Gasteiger charge is -2.36. The molecule has 2 amide bonds. The molecule has 0 aliphatic carbocycles. The minimum Gasteiger partial charge on any atom is -0.497 e. The summed E-state index contributed by atoms with van der Waals surface area (Å²) in [5, 5.41) is 15.7. The van der Waals surface area contributed by atoms with Gasteiger partial charge in [-0.05, 0) is 49.4 Å². The van der Waals surface area contributed by atoms with E-state index < -0.39 is 16.7 Å². The summed E-state index contributed by atoms with van der Waals surface area (Å²) in [5.74, 6) is -0.685. The number of piperazine rings is 1. The highest BCUT2D eigenvalue weighted by atomic mass is 16.6. The molecule has 170 valence electrons. The molecule has 2 aromatic carbocycles. The number of methoxy groups -OCH3 is 1. The van der Waals surface area contributed by atoms with Crippen molar-refractivity contribution in [2.24, 2.45) is 0 Å². The Morgan fingerprint density at radius 1 is 1.00 bits per heavy atom. The van der Waals surface area contributed by atoms with E-state index in [1.807, 2.05) is 12.1 Å². The predicted octanol–water partition coefficient (Wildman–Crippen LogP) is 1.87. The van der Waals surface area contributed by atoms with Crippen LogP contribution in [0.15, 0.2) is 48.5 Å². The first-order chi connectivity index (χ1) is 15.5. The standard InChI is InChI=1S/C22H27N5O5/c1-32-20-9-7-18(8-10-20)26-15-13-25(14-16-26)12-2-11-23-21(28)22(29)24-17-3-5-19(6-4-17)27(30)31/h3-10H,2,11-16H2,1H3,(H,23,28)(H,24,29). The molecule has 10 heteroatoms. The largest absolute Gasteiger partial charge is 0.497 e. The minimum absolute atomic E-state index is 0.0858. The SMILES string of the molecule is COc1ccc(N2CCN(CCCNC(=O)C(=O)Nc3ccc([N+](=O)[O-])cc3)CC2)cc1. The maximum Gasteiger partial charge on any atom is 0.313 e. The van der Waals surface area contributed by atoms with Gasteiger partial charge in [-0.15, -0.1) is 0 Å². The molecular formula is C22H27N5O5. The highest BCUT2D eigenvalue weighted by Gasteiger charge is 2.18. The van der Waals surface area contributed by atoms with Crippen LogP contribution >= 0.6 is 0 Å². The Balaban J connectivity index is 1.32. The molecule has 1 heterocycles. The van der Waals surface area contributed by atoms with Crippen molar-refractivity contribution in [1.29, 1.82) is 0 Å². The van der Waals surface area contributed by atoms with E-state index in [-0.39, 0.29) is 5.69 Å². The maximum absolute atomic E-state index is 12.0. The highest BCUT2D eigenvalue weighted by Crippen LogP contribution is 2.20. The van der Waals surface area contributed by atoms with E-state index in [1.165, 1.54) is 30.0 Å². The average molecular weight is 441 g/mol. The van der Waals surface area contributed by atoms with Crippen LogP contribution in [0.1, 0.15) is 6.42 Å². The summed E-state index contributed by atoms with van der Waals surface area (Å²) in [6, 6.07) is 13.3. The first kappa shape index (κ1) is 23.0. The molecule has 1 aliphatic rings.